The molecule has 1 aliphatic heterocycles. The van der Waals surface area contributed by atoms with Crippen LogP contribution in [0, 0.1) is 0 Å². The summed E-state index contributed by atoms with van der Waals surface area (Å²) in [6.07, 6.45) is 7.75. The molecule has 1 aliphatic rings. The minimum atomic E-state index is 0.812. The molecule has 16 heavy (non-hydrogen) atoms. The van der Waals surface area contributed by atoms with Crippen molar-refractivity contribution in [3.05, 3.63) is 11.6 Å². The van der Waals surface area contributed by atoms with Crippen molar-refractivity contribution in [1.82, 2.24) is 10.2 Å². The lowest BCUT2D eigenvalue weighted by Gasteiger charge is -2.33. The third-order valence-electron chi connectivity index (χ3n) is 3.39. The molecule has 1 saturated heterocycles. The first-order chi connectivity index (χ1) is 7.70. The fourth-order valence-corrected chi connectivity index (χ4v) is 2.28. The molecule has 0 bridgehead atoms. The van der Waals surface area contributed by atoms with Crippen LogP contribution in [0.5, 0.6) is 0 Å². The number of allylic oxidation sites excluding steroid dienone is 1. The van der Waals surface area contributed by atoms with Crippen molar-refractivity contribution in [3.63, 3.8) is 0 Å². The van der Waals surface area contributed by atoms with E-state index in [0.717, 1.165) is 19.1 Å². The van der Waals surface area contributed by atoms with Crippen LogP contribution in [0.1, 0.15) is 46.5 Å². The number of nitrogens with one attached hydrogen (secondary N) is 1. The van der Waals surface area contributed by atoms with Gasteiger partial charge in [0.2, 0.25) is 0 Å². The second-order valence-electron chi connectivity index (χ2n) is 5.22. The predicted octanol–water partition coefficient (Wildman–Crippen LogP) is 2.81. The van der Waals surface area contributed by atoms with Crippen molar-refractivity contribution in [3.8, 4) is 0 Å². The van der Waals surface area contributed by atoms with Crippen molar-refractivity contribution in [2.45, 2.75) is 52.5 Å². The molecule has 2 nitrogen and oxygen atoms in total. The Morgan fingerprint density at radius 2 is 2.19 bits per heavy atom. The first-order valence-corrected chi connectivity index (χ1v) is 6.78. The predicted molar refractivity (Wildman–Crippen MR) is 71.8 cm³/mol. The Kier molecular flexibility index (Phi) is 6.74. The number of hydrogen-bond donors (Lipinski definition) is 1. The molecule has 0 amide bonds. The van der Waals surface area contributed by atoms with Crippen molar-refractivity contribution >= 4 is 0 Å². The lowest BCUT2D eigenvalue weighted by Crippen LogP contribution is -2.38. The molecule has 1 atom stereocenters. The maximum absolute atomic E-state index is 3.47. The van der Waals surface area contributed by atoms with Crippen LogP contribution in [0.4, 0.5) is 0 Å². The summed E-state index contributed by atoms with van der Waals surface area (Å²) in [4.78, 5) is 2.64. The Balaban J connectivity index is 2.00. The number of nitrogens with zero attached hydrogens (tertiary/aromatic N) is 1. The van der Waals surface area contributed by atoms with Gasteiger partial charge in [0.05, 0.1) is 0 Å². The van der Waals surface area contributed by atoms with E-state index in [-0.39, 0.29) is 0 Å². The van der Waals surface area contributed by atoms with E-state index in [0.29, 0.717) is 0 Å². The highest BCUT2D eigenvalue weighted by atomic mass is 15.2. The van der Waals surface area contributed by atoms with Gasteiger partial charge in [0.1, 0.15) is 0 Å². The van der Waals surface area contributed by atoms with Gasteiger partial charge in [0.15, 0.2) is 0 Å². The summed E-state index contributed by atoms with van der Waals surface area (Å²) in [5.41, 5.74) is 1.40. The van der Waals surface area contributed by atoms with E-state index in [1.807, 2.05) is 0 Å². The van der Waals surface area contributed by atoms with Crippen LogP contribution in [0.25, 0.3) is 0 Å². The molecular weight excluding hydrogens is 196 g/mol. The zero-order valence-corrected chi connectivity index (χ0v) is 11.3. The van der Waals surface area contributed by atoms with E-state index in [1.54, 1.807) is 0 Å². The zero-order valence-electron chi connectivity index (χ0n) is 11.3. The van der Waals surface area contributed by atoms with E-state index in [9.17, 15) is 0 Å². The fraction of sp³-hybridized carbons (Fsp3) is 0.857. The second kappa shape index (κ2) is 7.86. The maximum atomic E-state index is 3.47. The highest BCUT2D eigenvalue weighted by molar-refractivity contribution is 4.94. The van der Waals surface area contributed by atoms with E-state index in [2.05, 4.69) is 37.1 Å². The van der Waals surface area contributed by atoms with Crippen LogP contribution < -0.4 is 5.32 Å². The third-order valence-corrected chi connectivity index (χ3v) is 3.39. The van der Waals surface area contributed by atoms with E-state index in [1.165, 1.54) is 44.3 Å². The Hall–Kier alpha value is -0.340. The first kappa shape index (κ1) is 13.7. The average molecular weight is 224 g/mol. The number of piperidine rings is 1. The van der Waals surface area contributed by atoms with Gasteiger partial charge in [0.25, 0.3) is 0 Å². The summed E-state index contributed by atoms with van der Waals surface area (Å²) in [5, 5.41) is 3.47. The van der Waals surface area contributed by atoms with Gasteiger partial charge >= 0.3 is 0 Å². The monoisotopic (exact) mass is 224 g/mol. The van der Waals surface area contributed by atoms with Gasteiger partial charge in [-0.15, -0.1) is 0 Å². The van der Waals surface area contributed by atoms with Crippen LogP contribution in [0.15, 0.2) is 11.6 Å². The van der Waals surface area contributed by atoms with Gasteiger partial charge in [-0.2, -0.15) is 0 Å². The summed E-state index contributed by atoms with van der Waals surface area (Å²) < 4.78 is 0. The molecule has 1 heterocycles. The van der Waals surface area contributed by atoms with Gasteiger partial charge in [0, 0.05) is 12.6 Å². The molecule has 1 N–H and O–H groups in total. The maximum Gasteiger partial charge on any atom is 0.0137 e. The summed E-state index contributed by atoms with van der Waals surface area (Å²) in [7, 11) is 0. The van der Waals surface area contributed by atoms with Crippen LogP contribution in [-0.2, 0) is 0 Å². The van der Waals surface area contributed by atoms with Gasteiger partial charge in [-0.05, 0) is 59.7 Å². The molecule has 0 spiro atoms. The van der Waals surface area contributed by atoms with E-state index >= 15 is 0 Å². The Morgan fingerprint density at radius 3 is 2.88 bits per heavy atom. The molecule has 0 aliphatic carbocycles. The molecule has 0 radical (unpaired) electrons. The zero-order chi connectivity index (χ0) is 11.8. The average Bonchev–Trinajstić information content (AvgIpc) is 2.25. The summed E-state index contributed by atoms with van der Waals surface area (Å²) in [6, 6.07) is 0.812. The minimum Gasteiger partial charge on any atom is -0.313 e. The van der Waals surface area contributed by atoms with Crippen molar-refractivity contribution < 1.29 is 0 Å². The standard InChI is InChI=1S/C14H28N2/c1-13(2)8-10-15-9-6-12-16-11-5-4-7-14(16)3/h8,14-15H,4-7,9-12H2,1-3H3. The Bertz CT molecular complexity index is 207. The molecule has 0 saturated carbocycles. The van der Waals surface area contributed by atoms with E-state index < -0.39 is 0 Å². The molecule has 0 aromatic rings. The highest BCUT2D eigenvalue weighted by Gasteiger charge is 2.16. The molecule has 1 rings (SSSR count). The van der Waals surface area contributed by atoms with Crippen LogP contribution in [-0.4, -0.2) is 37.1 Å². The van der Waals surface area contributed by atoms with Crippen LogP contribution >= 0.6 is 0 Å². The molecular formula is C14H28N2. The van der Waals surface area contributed by atoms with Gasteiger partial charge in [-0.25, -0.2) is 0 Å². The summed E-state index contributed by atoms with van der Waals surface area (Å²) >= 11 is 0. The highest BCUT2D eigenvalue weighted by Crippen LogP contribution is 2.15. The van der Waals surface area contributed by atoms with Gasteiger partial charge < -0.3 is 10.2 Å². The molecule has 0 aromatic heterocycles. The summed E-state index contributed by atoms with van der Waals surface area (Å²) in [6.45, 7) is 11.4. The lowest BCUT2D eigenvalue weighted by molar-refractivity contribution is 0.159. The largest absolute Gasteiger partial charge is 0.313 e. The molecule has 94 valence electrons. The normalized spacial score (nSPS) is 22.1. The molecule has 1 fully saturated rings. The number of likely N-dealkylation sites (tertiary alicyclic amines) is 1. The quantitative estimate of drug-likeness (QED) is 0.551. The fourth-order valence-electron chi connectivity index (χ4n) is 2.28. The third kappa shape index (κ3) is 5.66. The van der Waals surface area contributed by atoms with Crippen molar-refractivity contribution in [2.24, 2.45) is 0 Å². The van der Waals surface area contributed by atoms with Gasteiger partial charge in [-0.3, -0.25) is 0 Å². The van der Waals surface area contributed by atoms with Crippen molar-refractivity contribution in [1.29, 1.82) is 0 Å². The summed E-state index contributed by atoms with van der Waals surface area (Å²) in [5.74, 6) is 0. The van der Waals surface area contributed by atoms with Gasteiger partial charge in [-0.1, -0.05) is 18.1 Å². The second-order valence-corrected chi connectivity index (χ2v) is 5.22. The molecule has 1 unspecified atom stereocenters. The molecule has 0 aromatic carbocycles. The Labute approximate surface area is 101 Å². The number of hydrogen-bond acceptors (Lipinski definition) is 2. The lowest BCUT2D eigenvalue weighted by atomic mass is 10.0. The van der Waals surface area contributed by atoms with Crippen molar-refractivity contribution in [2.75, 3.05) is 26.2 Å². The Morgan fingerprint density at radius 1 is 1.38 bits per heavy atom. The van der Waals surface area contributed by atoms with Crippen LogP contribution in [0.3, 0.4) is 0 Å². The first-order valence-electron chi connectivity index (χ1n) is 6.78. The minimum absolute atomic E-state index is 0.812. The van der Waals surface area contributed by atoms with E-state index in [4.69, 9.17) is 0 Å². The smallest absolute Gasteiger partial charge is 0.0137 e. The van der Waals surface area contributed by atoms with Crippen LogP contribution in [0.2, 0.25) is 0 Å². The topological polar surface area (TPSA) is 15.3 Å². The SMILES string of the molecule is CC(C)=CCNCCCN1CCCCC1C. The molecule has 2 heteroatoms. The number of rotatable bonds is 6.